The predicted octanol–water partition coefficient (Wildman–Crippen LogP) is 1.77. The number of H-pyrrole nitrogens is 1. The molecule has 3 fully saturated rings. The van der Waals surface area contributed by atoms with E-state index in [2.05, 4.69) is 22.4 Å². The van der Waals surface area contributed by atoms with Crippen LogP contribution < -0.4 is 5.32 Å². The van der Waals surface area contributed by atoms with Gasteiger partial charge in [0.25, 0.3) is 0 Å². The van der Waals surface area contributed by atoms with E-state index in [1.165, 1.54) is 10.9 Å². The summed E-state index contributed by atoms with van der Waals surface area (Å²) in [5.41, 5.74) is 1.71. The summed E-state index contributed by atoms with van der Waals surface area (Å²) in [6, 6.07) is 8.50. The molecule has 1 aromatic carbocycles. The summed E-state index contributed by atoms with van der Waals surface area (Å²) in [7, 11) is 0. The first kappa shape index (κ1) is 16.4. The lowest BCUT2D eigenvalue weighted by atomic mass is 9.77. The molecular formula is C22H23N3O3. The molecular weight excluding hydrogens is 354 g/mol. The van der Waals surface area contributed by atoms with Crippen molar-refractivity contribution in [2.45, 2.75) is 37.0 Å². The molecule has 3 unspecified atom stereocenters. The number of rotatable bonds is 5. The fraction of sp³-hybridized carbons (Fsp3) is 0.455. The number of para-hydroxylation sites is 1. The van der Waals surface area contributed by atoms with Gasteiger partial charge in [-0.3, -0.25) is 9.59 Å². The molecule has 6 heteroatoms. The number of carbonyl (C=O) groups excluding carboxylic acids is 2. The van der Waals surface area contributed by atoms with Gasteiger partial charge in [0.2, 0.25) is 11.8 Å². The van der Waals surface area contributed by atoms with Crippen LogP contribution in [0.5, 0.6) is 0 Å². The van der Waals surface area contributed by atoms with Gasteiger partial charge in [-0.15, -0.1) is 0 Å². The van der Waals surface area contributed by atoms with Crippen molar-refractivity contribution in [3.63, 3.8) is 0 Å². The zero-order valence-corrected chi connectivity index (χ0v) is 15.6. The number of ether oxygens (including phenoxy) is 1. The second-order valence-electron chi connectivity index (χ2n) is 8.55. The maximum atomic E-state index is 13.2. The average molecular weight is 377 g/mol. The Bertz CT molecular complexity index is 1010. The molecule has 2 bridgehead atoms. The highest BCUT2D eigenvalue weighted by Crippen LogP contribution is 2.52. The lowest BCUT2D eigenvalue weighted by Crippen LogP contribution is -2.44. The zero-order chi connectivity index (χ0) is 18.9. The molecule has 4 heterocycles. The summed E-state index contributed by atoms with van der Waals surface area (Å²) in [5.74, 6) is -0.737. The molecule has 3 aliphatic heterocycles. The Balaban J connectivity index is 1.21. The Morgan fingerprint density at radius 3 is 3.04 bits per heavy atom. The zero-order valence-electron chi connectivity index (χ0n) is 15.6. The van der Waals surface area contributed by atoms with Crippen molar-refractivity contribution in [2.24, 2.45) is 11.8 Å². The van der Waals surface area contributed by atoms with Gasteiger partial charge in [0.1, 0.15) is 5.60 Å². The van der Waals surface area contributed by atoms with E-state index >= 15 is 0 Å². The molecule has 2 amide bonds. The third kappa shape index (κ3) is 2.30. The number of nitrogens with one attached hydrogen (secondary N) is 2. The van der Waals surface area contributed by atoms with Crippen LogP contribution in [-0.4, -0.2) is 52.5 Å². The lowest BCUT2D eigenvalue weighted by molar-refractivity contribution is -0.137. The largest absolute Gasteiger partial charge is 0.361 e. The maximum Gasteiger partial charge on any atom is 0.230 e. The minimum atomic E-state index is -0.618. The van der Waals surface area contributed by atoms with Crippen molar-refractivity contribution >= 4 is 22.7 Å². The normalized spacial score (nSPS) is 33.1. The molecule has 2 N–H and O–H groups in total. The summed E-state index contributed by atoms with van der Waals surface area (Å²) >= 11 is 0. The third-order valence-electron chi connectivity index (χ3n) is 6.73. The van der Waals surface area contributed by atoms with Crippen LogP contribution in [0.2, 0.25) is 0 Å². The van der Waals surface area contributed by atoms with Crippen molar-refractivity contribution in [3.8, 4) is 0 Å². The molecule has 6 rings (SSSR count). The second-order valence-corrected chi connectivity index (χ2v) is 8.55. The molecule has 144 valence electrons. The maximum absolute atomic E-state index is 13.2. The quantitative estimate of drug-likeness (QED) is 0.780. The first-order valence-corrected chi connectivity index (χ1v) is 10.2. The Hall–Kier alpha value is -2.60. The summed E-state index contributed by atoms with van der Waals surface area (Å²) in [6.45, 7) is 1.18. The highest BCUT2D eigenvalue weighted by molar-refractivity contribution is 5.93. The van der Waals surface area contributed by atoms with E-state index in [1.54, 1.807) is 0 Å². The summed E-state index contributed by atoms with van der Waals surface area (Å²) in [4.78, 5) is 31.2. The van der Waals surface area contributed by atoms with Crippen LogP contribution in [0, 0.1) is 11.8 Å². The Morgan fingerprint density at radius 1 is 1.32 bits per heavy atom. The smallest absolute Gasteiger partial charge is 0.230 e. The predicted molar refractivity (Wildman–Crippen MR) is 103 cm³/mol. The summed E-state index contributed by atoms with van der Waals surface area (Å²) in [6.07, 6.45) is 8.63. The minimum Gasteiger partial charge on any atom is -0.361 e. The summed E-state index contributed by atoms with van der Waals surface area (Å²) in [5, 5.41) is 4.27. The van der Waals surface area contributed by atoms with E-state index in [-0.39, 0.29) is 23.8 Å². The number of likely N-dealkylation sites (tertiary alicyclic amines) is 1. The van der Waals surface area contributed by atoms with Crippen LogP contribution in [0.25, 0.3) is 10.9 Å². The molecule has 0 radical (unpaired) electrons. The van der Waals surface area contributed by atoms with E-state index in [9.17, 15) is 9.59 Å². The number of fused-ring (bicyclic) bond motifs is 2. The van der Waals surface area contributed by atoms with Gasteiger partial charge in [0.15, 0.2) is 0 Å². The fourth-order valence-electron chi connectivity index (χ4n) is 5.19. The van der Waals surface area contributed by atoms with Crippen LogP contribution in [0.15, 0.2) is 42.6 Å². The van der Waals surface area contributed by atoms with Crippen LogP contribution in [-0.2, 0) is 20.7 Å². The topological polar surface area (TPSA) is 74.4 Å². The van der Waals surface area contributed by atoms with Gasteiger partial charge in [-0.1, -0.05) is 30.4 Å². The van der Waals surface area contributed by atoms with E-state index in [4.69, 9.17) is 4.74 Å². The molecule has 6 nitrogen and oxygen atoms in total. The van der Waals surface area contributed by atoms with Gasteiger partial charge in [-0.25, -0.2) is 0 Å². The van der Waals surface area contributed by atoms with Crippen LogP contribution in [0.1, 0.15) is 18.4 Å². The van der Waals surface area contributed by atoms with Crippen LogP contribution >= 0.6 is 0 Å². The van der Waals surface area contributed by atoms with Gasteiger partial charge in [0, 0.05) is 29.7 Å². The number of nitrogens with zero attached hydrogens (tertiary/aromatic N) is 1. The van der Waals surface area contributed by atoms with Crippen LogP contribution in [0.4, 0.5) is 0 Å². The van der Waals surface area contributed by atoms with Gasteiger partial charge < -0.3 is 19.9 Å². The molecule has 1 aromatic heterocycles. The molecule has 4 atom stereocenters. The molecule has 4 aliphatic rings. The SMILES string of the molecule is O=C(NC1CC1)C1C2C=C[C@@]3(CN(CCc4c[nH]c5ccccc45)C(=O)C13)O2. The molecule has 1 aliphatic carbocycles. The van der Waals surface area contributed by atoms with Gasteiger partial charge >= 0.3 is 0 Å². The van der Waals surface area contributed by atoms with Crippen molar-refractivity contribution < 1.29 is 14.3 Å². The van der Waals surface area contributed by atoms with E-state index < -0.39 is 11.5 Å². The molecule has 2 aromatic rings. The number of benzene rings is 1. The molecule has 1 spiro atoms. The van der Waals surface area contributed by atoms with Crippen molar-refractivity contribution in [2.75, 3.05) is 13.1 Å². The minimum absolute atomic E-state index is 0.0180. The lowest BCUT2D eigenvalue weighted by Gasteiger charge is -2.23. The van der Waals surface area contributed by atoms with Crippen molar-refractivity contribution in [1.29, 1.82) is 0 Å². The third-order valence-corrected chi connectivity index (χ3v) is 6.73. The van der Waals surface area contributed by atoms with E-state index in [0.29, 0.717) is 19.1 Å². The molecule has 28 heavy (non-hydrogen) atoms. The number of carbonyl (C=O) groups is 2. The Morgan fingerprint density at radius 2 is 2.18 bits per heavy atom. The van der Waals surface area contributed by atoms with E-state index in [0.717, 1.165) is 24.8 Å². The Labute approximate surface area is 162 Å². The first-order valence-electron chi connectivity index (χ1n) is 10.2. The Kier molecular flexibility index (Phi) is 3.33. The number of amides is 2. The highest BCUT2D eigenvalue weighted by Gasteiger charge is 2.66. The van der Waals surface area contributed by atoms with Gasteiger partial charge in [-0.2, -0.15) is 0 Å². The average Bonchev–Trinajstić information content (AvgIpc) is 3.06. The van der Waals surface area contributed by atoms with Crippen LogP contribution in [0.3, 0.4) is 0 Å². The second kappa shape index (κ2) is 5.70. The number of aromatic amines is 1. The van der Waals surface area contributed by atoms with E-state index in [1.807, 2.05) is 35.4 Å². The van der Waals surface area contributed by atoms with Gasteiger partial charge in [-0.05, 0) is 30.9 Å². The first-order chi connectivity index (χ1) is 13.6. The number of aromatic nitrogens is 1. The number of hydrogen-bond donors (Lipinski definition) is 2. The summed E-state index contributed by atoms with van der Waals surface area (Å²) < 4.78 is 6.19. The van der Waals surface area contributed by atoms with Gasteiger partial charge in [0.05, 0.1) is 24.5 Å². The highest BCUT2D eigenvalue weighted by atomic mass is 16.5. The number of hydrogen-bond acceptors (Lipinski definition) is 3. The molecule has 1 saturated carbocycles. The van der Waals surface area contributed by atoms with Crippen molar-refractivity contribution in [3.05, 3.63) is 48.2 Å². The van der Waals surface area contributed by atoms with Crippen molar-refractivity contribution in [1.82, 2.24) is 15.2 Å². The standard InChI is InChI=1S/C22H23N3O3/c26-20(24-14-5-6-14)18-17-7-9-22(28-17)12-25(21(27)19(18)22)10-8-13-11-23-16-4-2-1-3-15(13)16/h1-4,7,9,11,14,17-19,23H,5-6,8,10,12H2,(H,24,26)/t17?,18?,19?,22-/m0/s1. The fourth-order valence-corrected chi connectivity index (χ4v) is 5.19. The molecule has 2 saturated heterocycles. The monoisotopic (exact) mass is 377 g/mol.